The summed E-state index contributed by atoms with van der Waals surface area (Å²) < 4.78 is 24.8. The van der Waals surface area contributed by atoms with Crippen LogP contribution in [0.25, 0.3) is 10.1 Å². The maximum atomic E-state index is 12.1. The first-order chi connectivity index (χ1) is 17.6. The fourth-order valence-corrected chi connectivity index (χ4v) is 6.38. The highest BCUT2D eigenvalue weighted by Gasteiger charge is 2.44. The Morgan fingerprint density at radius 2 is 1.76 bits per heavy atom. The third-order valence-corrected chi connectivity index (χ3v) is 8.00. The van der Waals surface area contributed by atoms with E-state index in [-0.39, 0.29) is 13.0 Å². The van der Waals surface area contributed by atoms with Gasteiger partial charge in [0.15, 0.2) is 6.10 Å². The minimum Gasteiger partial charge on any atom is -0.463 e. The maximum Gasteiger partial charge on any atom is 0.303 e. The van der Waals surface area contributed by atoms with E-state index in [2.05, 4.69) is 34.1 Å². The zero-order valence-electron chi connectivity index (χ0n) is 21.1. The number of benzene rings is 2. The summed E-state index contributed by atoms with van der Waals surface area (Å²) in [5.74, 6) is -1.45. The standard InChI is InChI=1S/C28H29BrO7S/c1-15-9-24(29)23(12-20(15)11-22-10-19-7-5-6-8-26(19)37-22)27-28(35-18(4)32)25(34-17(3)31)13-21(36-27)14-33-16(2)30/h5-10,12,21,25,27-28H,11,13-14H2,1-4H3/t21-,25-,27-,28+/m0/s1. The van der Waals surface area contributed by atoms with Crippen LogP contribution in [0.5, 0.6) is 0 Å². The van der Waals surface area contributed by atoms with Gasteiger partial charge >= 0.3 is 17.9 Å². The molecule has 1 fully saturated rings. The third-order valence-electron chi connectivity index (χ3n) is 6.19. The largest absolute Gasteiger partial charge is 0.463 e. The van der Waals surface area contributed by atoms with Gasteiger partial charge in [0.2, 0.25) is 0 Å². The maximum absolute atomic E-state index is 12.1. The number of hydrogen-bond donors (Lipinski definition) is 0. The lowest BCUT2D eigenvalue weighted by Crippen LogP contribution is -2.49. The van der Waals surface area contributed by atoms with Crippen molar-refractivity contribution in [2.24, 2.45) is 0 Å². The van der Waals surface area contributed by atoms with Gasteiger partial charge in [-0.15, -0.1) is 11.3 Å². The van der Waals surface area contributed by atoms with Crippen molar-refractivity contribution in [3.63, 3.8) is 0 Å². The SMILES string of the molecule is CC(=O)OC[C@@H]1C[C@H](OC(C)=O)[C@@H](OC(C)=O)[C@H](c2cc(Cc3cc4ccccc4s3)c(C)cc2Br)O1. The van der Waals surface area contributed by atoms with Gasteiger partial charge in [-0.3, -0.25) is 14.4 Å². The van der Waals surface area contributed by atoms with Crippen LogP contribution in [0.3, 0.4) is 0 Å². The van der Waals surface area contributed by atoms with Crippen molar-refractivity contribution in [2.75, 3.05) is 6.61 Å². The fourth-order valence-electron chi connectivity index (χ4n) is 4.61. The molecular weight excluding hydrogens is 560 g/mol. The van der Waals surface area contributed by atoms with E-state index in [9.17, 15) is 14.4 Å². The molecule has 3 aromatic rings. The highest BCUT2D eigenvalue weighted by atomic mass is 79.9. The lowest BCUT2D eigenvalue weighted by atomic mass is 9.90. The second kappa shape index (κ2) is 11.8. The van der Waals surface area contributed by atoms with Crippen LogP contribution < -0.4 is 0 Å². The van der Waals surface area contributed by atoms with E-state index >= 15 is 0 Å². The number of hydrogen-bond acceptors (Lipinski definition) is 8. The number of thiophene rings is 1. The molecule has 7 nitrogen and oxygen atoms in total. The monoisotopic (exact) mass is 588 g/mol. The lowest BCUT2D eigenvalue weighted by Gasteiger charge is -2.41. The van der Waals surface area contributed by atoms with Crippen LogP contribution >= 0.6 is 27.3 Å². The van der Waals surface area contributed by atoms with Crippen molar-refractivity contribution in [2.45, 2.75) is 65.0 Å². The van der Waals surface area contributed by atoms with Gasteiger partial charge < -0.3 is 18.9 Å². The molecule has 0 bridgehead atoms. The molecule has 196 valence electrons. The molecule has 0 aliphatic carbocycles. The van der Waals surface area contributed by atoms with Crippen molar-refractivity contribution >= 4 is 55.3 Å². The predicted molar refractivity (Wildman–Crippen MR) is 143 cm³/mol. The summed E-state index contributed by atoms with van der Waals surface area (Å²) in [6.07, 6.45) is -1.99. The number of aryl methyl sites for hydroxylation is 1. The van der Waals surface area contributed by atoms with Crippen molar-refractivity contribution < 1.29 is 33.3 Å². The molecule has 4 rings (SSSR count). The van der Waals surface area contributed by atoms with Crippen molar-refractivity contribution in [3.8, 4) is 0 Å². The van der Waals surface area contributed by atoms with Crippen LogP contribution in [0, 0.1) is 6.92 Å². The second-order valence-corrected chi connectivity index (χ2v) is 11.2. The first-order valence-electron chi connectivity index (χ1n) is 12.0. The number of carbonyl (C=O) groups is 3. The molecule has 0 spiro atoms. The molecular formula is C28H29BrO7S. The average molecular weight is 590 g/mol. The summed E-state index contributed by atoms with van der Waals surface area (Å²) in [6, 6.07) is 14.5. The molecule has 1 aromatic heterocycles. The van der Waals surface area contributed by atoms with Gasteiger partial charge in [-0.2, -0.15) is 0 Å². The number of halogens is 1. The van der Waals surface area contributed by atoms with Crippen LogP contribution in [-0.4, -0.2) is 42.8 Å². The van der Waals surface area contributed by atoms with Gasteiger partial charge in [-0.1, -0.05) is 40.2 Å². The number of rotatable bonds is 7. The van der Waals surface area contributed by atoms with Gasteiger partial charge in [-0.05, 0) is 47.2 Å². The summed E-state index contributed by atoms with van der Waals surface area (Å²) in [6.45, 7) is 5.98. The van der Waals surface area contributed by atoms with Crippen molar-refractivity contribution in [3.05, 3.63) is 68.5 Å². The molecule has 2 aromatic carbocycles. The van der Waals surface area contributed by atoms with Gasteiger partial charge in [0.05, 0.1) is 6.10 Å². The molecule has 0 unspecified atom stereocenters. The number of ether oxygens (including phenoxy) is 4. The number of fused-ring (bicyclic) bond motifs is 1. The van der Waals surface area contributed by atoms with E-state index in [4.69, 9.17) is 18.9 Å². The molecule has 1 saturated heterocycles. The minimum absolute atomic E-state index is 0.00544. The summed E-state index contributed by atoms with van der Waals surface area (Å²) in [5.41, 5.74) is 2.96. The predicted octanol–water partition coefficient (Wildman–Crippen LogP) is 5.82. The summed E-state index contributed by atoms with van der Waals surface area (Å²) in [7, 11) is 0. The molecule has 37 heavy (non-hydrogen) atoms. The highest BCUT2D eigenvalue weighted by molar-refractivity contribution is 9.10. The van der Waals surface area contributed by atoms with E-state index in [1.165, 1.54) is 35.7 Å². The average Bonchev–Trinajstić information content (AvgIpc) is 3.22. The zero-order valence-corrected chi connectivity index (χ0v) is 23.5. The zero-order chi connectivity index (χ0) is 26.7. The van der Waals surface area contributed by atoms with Gasteiger partial charge in [0.1, 0.15) is 18.8 Å². The quantitative estimate of drug-likeness (QED) is 0.254. The summed E-state index contributed by atoms with van der Waals surface area (Å²) in [4.78, 5) is 36.6. The first kappa shape index (κ1) is 27.3. The Balaban J connectivity index is 1.71. The van der Waals surface area contributed by atoms with E-state index in [0.717, 1.165) is 27.6 Å². The topological polar surface area (TPSA) is 88.1 Å². The van der Waals surface area contributed by atoms with Crippen molar-refractivity contribution in [1.82, 2.24) is 0 Å². The lowest BCUT2D eigenvalue weighted by molar-refractivity contribution is -0.214. The van der Waals surface area contributed by atoms with Crippen LogP contribution in [0.2, 0.25) is 0 Å². The molecule has 1 aliphatic rings. The first-order valence-corrected chi connectivity index (χ1v) is 13.6. The Labute approximate surface area is 228 Å². The van der Waals surface area contributed by atoms with Gasteiger partial charge in [0.25, 0.3) is 0 Å². The molecule has 2 heterocycles. The van der Waals surface area contributed by atoms with Crippen molar-refractivity contribution in [1.29, 1.82) is 0 Å². The molecule has 0 radical (unpaired) electrons. The summed E-state index contributed by atoms with van der Waals surface area (Å²) in [5, 5.41) is 1.21. The van der Waals surface area contributed by atoms with Crippen LogP contribution in [0.1, 0.15) is 54.9 Å². The van der Waals surface area contributed by atoms with E-state index in [1.54, 1.807) is 11.3 Å². The minimum atomic E-state index is -0.869. The van der Waals surface area contributed by atoms with Crippen LogP contribution in [-0.2, 0) is 39.8 Å². The van der Waals surface area contributed by atoms with E-state index in [0.29, 0.717) is 0 Å². The fraction of sp³-hybridized carbons (Fsp3) is 0.393. The number of carbonyl (C=O) groups excluding carboxylic acids is 3. The molecule has 1 aliphatic heterocycles. The highest BCUT2D eigenvalue weighted by Crippen LogP contribution is 2.40. The third kappa shape index (κ3) is 6.77. The normalized spacial score (nSPS) is 21.4. The number of esters is 3. The Morgan fingerprint density at radius 3 is 2.43 bits per heavy atom. The molecule has 4 atom stereocenters. The molecule has 9 heteroatoms. The molecule has 0 amide bonds. The van der Waals surface area contributed by atoms with Crippen LogP contribution in [0.4, 0.5) is 0 Å². The Hall–Kier alpha value is -2.75. The summed E-state index contributed by atoms with van der Waals surface area (Å²) >= 11 is 5.42. The van der Waals surface area contributed by atoms with E-state index < -0.39 is 42.3 Å². The van der Waals surface area contributed by atoms with Gasteiger partial charge in [-0.25, -0.2) is 0 Å². The Bertz CT molecular complexity index is 1280. The van der Waals surface area contributed by atoms with Gasteiger partial charge in [0, 0.05) is 47.7 Å². The molecule has 0 saturated carbocycles. The Kier molecular flexibility index (Phi) is 8.67. The Morgan fingerprint density at radius 1 is 1.03 bits per heavy atom. The second-order valence-electron chi connectivity index (χ2n) is 9.17. The smallest absolute Gasteiger partial charge is 0.303 e. The molecule has 0 N–H and O–H groups in total. The van der Waals surface area contributed by atoms with E-state index in [1.807, 2.05) is 31.2 Å². The van der Waals surface area contributed by atoms with Crippen LogP contribution in [0.15, 0.2) is 46.9 Å².